The fraction of sp³-hybridized carbons (Fsp3) is 0.263. The third kappa shape index (κ3) is 2.86. The van der Waals surface area contributed by atoms with Crippen molar-refractivity contribution in [3.8, 4) is 0 Å². The summed E-state index contributed by atoms with van der Waals surface area (Å²) >= 11 is 6.19. The van der Waals surface area contributed by atoms with Crippen LogP contribution in [0.4, 0.5) is 5.69 Å². The summed E-state index contributed by atoms with van der Waals surface area (Å²) in [5.41, 5.74) is 2.90. The van der Waals surface area contributed by atoms with Crippen molar-refractivity contribution in [3.05, 3.63) is 64.7 Å². The number of carbonyl (C=O) groups is 2. The van der Waals surface area contributed by atoms with Gasteiger partial charge in [-0.25, -0.2) is 4.79 Å². The van der Waals surface area contributed by atoms with Crippen molar-refractivity contribution in [2.45, 2.75) is 19.8 Å². The summed E-state index contributed by atoms with van der Waals surface area (Å²) < 4.78 is 1.23. The number of hydrogen-bond donors (Lipinski definition) is 0. The second-order valence-corrected chi connectivity index (χ2v) is 6.85. The summed E-state index contributed by atoms with van der Waals surface area (Å²) in [6.45, 7) is 3.32. The molecule has 2 amide bonds. The highest BCUT2D eigenvalue weighted by Gasteiger charge is 2.49. The van der Waals surface area contributed by atoms with Crippen molar-refractivity contribution >= 4 is 29.1 Å². The predicted molar refractivity (Wildman–Crippen MR) is 96.9 cm³/mol. The van der Waals surface area contributed by atoms with Crippen molar-refractivity contribution in [1.29, 1.82) is 0 Å². The maximum absolute atomic E-state index is 12.5. The van der Waals surface area contributed by atoms with Crippen molar-refractivity contribution in [2.24, 2.45) is 5.11 Å². The van der Waals surface area contributed by atoms with Gasteiger partial charge in [0, 0.05) is 29.5 Å². The number of hydrogen-bond acceptors (Lipinski definition) is 4. The van der Waals surface area contributed by atoms with Gasteiger partial charge in [-0.05, 0) is 29.8 Å². The minimum Gasteiger partial charge on any atom is -0.326 e. The van der Waals surface area contributed by atoms with Gasteiger partial charge in [-0.3, -0.25) is 9.69 Å². The SMILES string of the molecule is Cc1ccc(N2CCN3C(=O)C(=O)[N+](Cc4ccccc4Cl)=NC32)cc1. The molecule has 132 valence electrons. The zero-order chi connectivity index (χ0) is 18.3. The molecular weight excluding hydrogens is 352 g/mol. The van der Waals surface area contributed by atoms with Gasteiger partial charge in [0.2, 0.25) is 6.54 Å². The smallest absolute Gasteiger partial charge is 0.326 e. The minimum atomic E-state index is -0.619. The number of halogens is 1. The number of anilines is 1. The Balaban J connectivity index is 1.68. The quantitative estimate of drug-likeness (QED) is 0.617. The molecule has 0 aromatic heterocycles. The highest BCUT2D eigenvalue weighted by molar-refractivity contribution is 6.32. The summed E-state index contributed by atoms with van der Waals surface area (Å²) in [6, 6.07) is 15.3. The molecular formula is C19H18ClN4O2+. The first-order chi connectivity index (χ1) is 12.5. The maximum Gasteiger partial charge on any atom is 0.502 e. The third-order valence-electron chi connectivity index (χ3n) is 4.70. The van der Waals surface area contributed by atoms with Crippen LogP contribution in [-0.2, 0) is 16.1 Å². The van der Waals surface area contributed by atoms with E-state index in [2.05, 4.69) is 5.11 Å². The molecule has 0 N–H and O–H groups in total. The molecule has 26 heavy (non-hydrogen) atoms. The highest BCUT2D eigenvalue weighted by Crippen LogP contribution is 2.28. The monoisotopic (exact) mass is 369 g/mol. The molecule has 2 aromatic carbocycles. The van der Waals surface area contributed by atoms with Crippen LogP contribution in [-0.4, -0.2) is 40.8 Å². The molecule has 2 aliphatic rings. The Morgan fingerprint density at radius 2 is 1.77 bits per heavy atom. The van der Waals surface area contributed by atoms with Gasteiger partial charge in [-0.1, -0.05) is 47.5 Å². The summed E-state index contributed by atoms with van der Waals surface area (Å²) in [6.07, 6.45) is -0.509. The van der Waals surface area contributed by atoms with E-state index in [1.807, 2.05) is 54.3 Å². The second kappa shape index (κ2) is 6.53. The molecule has 2 heterocycles. The molecule has 6 nitrogen and oxygen atoms in total. The van der Waals surface area contributed by atoms with E-state index in [4.69, 9.17) is 11.6 Å². The third-order valence-corrected chi connectivity index (χ3v) is 5.07. The normalized spacial score (nSPS) is 19.6. The minimum absolute atomic E-state index is 0.177. The molecule has 1 saturated heterocycles. The summed E-state index contributed by atoms with van der Waals surface area (Å²) in [7, 11) is 0. The molecule has 4 rings (SSSR count). The number of carbonyl (C=O) groups excluding carboxylic acids is 2. The van der Waals surface area contributed by atoms with E-state index in [0.717, 1.165) is 16.8 Å². The molecule has 2 aliphatic heterocycles. The average Bonchev–Trinajstić information content (AvgIpc) is 3.06. The summed E-state index contributed by atoms with van der Waals surface area (Å²) in [4.78, 5) is 28.5. The van der Waals surface area contributed by atoms with E-state index in [1.165, 1.54) is 9.60 Å². The van der Waals surface area contributed by atoms with Gasteiger partial charge in [0.25, 0.3) is 6.29 Å². The fourth-order valence-electron chi connectivity index (χ4n) is 3.26. The highest BCUT2D eigenvalue weighted by atomic mass is 35.5. The number of aryl methyl sites for hydroxylation is 1. The van der Waals surface area contributed by atoms with Crippen molar-refractivity contribution < 1.29 is 14.3 Å². The van der Waals surface area contributed by atoms with Gasteiger partial charge in [-0.2, -0.15) is 0 Å². The van der Waals surface area contributed by atoms with E-state index in [9.17, 15) is 9.59 Å². The molecule has 1 fully saturated rings. The Labute approximate surface area is 156 Å². The van der Waals surface area contributed by atoms with Crippen LogP contribution in [0, 0.1) is 6.92 Å². The zero-order valence-corrected chi connectivity index (χ0v) is 15.1. The molecule has 0 saturated carbocycles. The van der Waals surface area contributed by atoms with E-state index < -0.39 is 18.1 Å². The number of azo groups is 2. The fourth-order valence-corrected chi connectivity index (χ4v) is 3.45. The largest absolute Gasteiger partial charge is 0.502 e. The van der Waals surface area contributed by atoms with Gasteiger partial charge in [0.15, 0.2) is 0 Å². The van der Waals surface area contributed by atoms with Gasteiger partial charge in [0.05, 0.1) is 5.02 Å². The van der Waals surface area contributed by atoms with Crippen molar-refractivity contribution in [2.75, 3.05) is 18.0 Å². The number of rotatable bonds is 3. The van der Waals surface area contributed by atoms with E-state index in [-0.39, 0.29) is 6.54 Å². The molecule has 2 aromatic rings. The molecule has 0 spiro atoms. The number of amides is 2. The topological polar surface area (TPSA) is 56.0 Å². The molecule has 0 radical (unpaired) electrons. The first kappa shape index (κ1) is 16.7. The maximum atomic E-state index is 12.5. The Morgan fingerprint density at radius 1 is 1.08 bits per heavy atom. The number of nitrogens with zero attached hydrogens (tertiary/aromatic N) is 4. The summed E-state index contributed by atoms with van der Waals surface area (Å²) in [5, 5.41) is 5.10. The first-order valence-corrected chi connectivity index (χ1v) is 8.82. The number of fused-ring (bicyclic) bond motifs is 1. The van der Waals surface area contributed by atoms with Crippen LogP contribution in [0.15, 0.2) is 53.6 Å². The lowest BCUT2D eigenvalue weighted by molar-refractivity contribution is -0.534. The second-order valence-electron chi connectivity index (χ2n) is 6.44. The first-order valence-electron chi connectivity index (χ1n) is 8.44. The van der Waals surface area contributed by atoms with Crippen LogP contribution in [0.25, 0.3) is 0 Å². The lowest BCUT2D eigenvalue weighted by Crippen LogP contribution is -2.51. The average molecular weight is 370 g/mol. The standard InChI is InChI=1S/C19H18ClN4O2/c1-13-6-8-15(9-7-13)22-10-11-23-17(25)18(26)24(21-19(22)23)12-14-4-2-3-5-16(14)20/h2-9,19H,10-12H2,1H3/q+1. The van der Waals surface area contributed by atoms with Crippen LogP contribution in [0.1, 0.15) is 11.1 Å². The Morgan fingerprint density at radius 3 is 2.50 bits per heavy atom. The number of benzene rings is 2. The lowest BCUT2D eigenvalue weighted by Gasteiger charge is -2.27. The molecule has 0 bridgehead atoms. The van der Waals surface area contributed by atoms with Gasteiger partial charge in [-0.15, -0.1) is 0 Å². The van der Waals surface area contributed by atoms with Gasteiger partial charge < -0.3 is 4.90 Å². The Kier molecular flexibility index (Phi) is 4.20. The van der Waals surface area contributed by atoms with Crippen LogP contribution >= 0.6 is 11.6 Å². The van der Waals surface area contributed by atoms with E-state index in [1.54, 1.807) is 6.07 Å². The Hall–Kier alpha value is -2.73. The predicted octanol–water partition coefficient (Wildman–Crippen LogP) is 2.79. The van der Waals surface area contributed by atoms with Crippen molar-refractivity contribution in [1.82, 2.24) is 4.90 Å². The van der Waals surface area contributed by atoms with Crippen LogP contribution < -0.4 is 4.90 Å². The molecule has 7 heteroatoms. The molecule has 1 atom stereocenters. The van der Waals surface area contributed by atoms with Crippen LogP contribution in [0.5, 0.6) is 0 Å². The zero-order valence-electron chi connectivity index (χ0n) is 14.3. The van der Waals surface area contributed by atoms with E-state index in [0.29, 0.717) is 18.1 Å². The van der Waals surface area contributed by atoms with Crippen LogP contribution in [0.2, 0.25) is 5.02 Å². The summed E-state index contributed by atoms with van der Waals surface area (Å²) in [5.74, 6) is -1.14. The Bertz CT molecular complexity index is 910. The molecule has 1 unspecified atom stereocenters. The lowest BCUT2D eigenvalue weighted by atomic mass is 10.2. The molecule has 0 aliphatic carbocycles. The van der Waals surface area contributed by atoms with E-state index >= 15 is 0 Å². The van der Waals surface area contributed by atoms with Gasteiger partial charge in [0.1, 0.15) is 0 Å². The van der Waals surface area contributed by atoms with Crippen molar-refractivity contribution in [3.63, 3.8) is 0 Å². The van der Waals surface area contributed by atoms with Crippen LogP contribution in [0.3, 0.4) is 0 Å². The van der Waals surface area contributed by atoms with Gasteiger partial charge >= 0.3 is 11.8 Å².